The van der Waals surface area contributed by atoms with Crippen molar-refractivity contribution >= 4 is 27.2 Å². The van der Waals surface area contributed by atoms with E-state index in [-0.39, 0.29) is 5.82 Å². The van der Waals surface area contributed by atoms with Crippen molar-refractivity contribution in [3.63, 3.8) is 0 Å². The number of imidazole rings is 1. The van der Waals surface area contributed by atoms with Crippen LogP contribution in [0.5, 0.6) is 0 Å². The van der Waals surface area contributed by atoms with Crippen LogP contribution in [0.2, 0.25) is 0 Å². The summed E-state index contributed by atoms with van der Waals surface area (Å²) in [5.41, 5.74) is 1.36. The zero-order chi connectivity index (χ0) is 11.8. The minimum Gasteiger partial charge on any atom is -0.341 e. The number of para-hydroxylation sites is 2. The molecule has 0 bridgehead atoms. The Kier molecular flexibility index (Phi) is 2.51. The third-order valence-corrected chi connectivity index (χ3v) is 3.52. The standard InChI is InChI=1S/C10H10N2O3S/c1-16(14,15)9(6-13)10-11-7-4-2-3-5-8(7)12-10/h2-6,9H,1H3,(H,11,12)/t9-/m0/s1. The number of aromatic amines is 1. The van der Waals surface area contributed by atoms with E-state index in [0.29, 0.717) is 17.3 Å². The summed E-state index contributed by atoms with van der Waals surface area (Å²) in [6.07, 6.45) is 1.40. The fourth-order valence-corrected chi connectivity index (χ4v) is 2.19. The molecule has 1 N–H and O–H groups in total. The van der Waals surface area contributed by atoms with Crippen LogP contribution in [0.15, 0.2) is 24.3 Å². The first-order valence-corrected chi connectivity index (χ1v) is 6.56. The van der Waals surface area contributed by atoms with Crippen molar-refractivity contribution in [2.75, 3.05) is 6.26 Å². The summed E-state index contributed by atoms with van der Waals surface area (Å²) >= 11 is 0. The zero-order valence-electron chi connectivity index (χ0n) is 8.54. The van der Waals surface area contributed by atoms with Gasteiger partial charge in [0.2, 0.25) is 0 Å². The monoisotopic (exact) mass is 238 g/mol. The fraction of sp³-hybridized carbons (Fsp3) is 0.200. The largest absolute Gasteiger partial charge is 0.341 e. The van der Waals surface area contributed by atoms with Crippen molar-refractivity contribution in [2.24, 2.45) is 0 Å². The summed E-state index contributed by atoms with van der Waals surface area (Å²) in [5, 5.41) is -1.22. The van der Waals surface area contributed by atoms with Crippen LogP contribution in [0.1, 0.15) is 11.1 Å². The van der Waals surface area contributed by atoms with Crippen LogP contribution < -0.4 is 0 Å². The molecular weight excluding hydrogens is 228 g/mol. The van der Waals surface area contributed by atoms with E-state index in [2.05, 4.69) is 9.97 Å². The lowest BCUT2D eigenvalue weighted by molar-refractivity contribution is -0.107. The van der Waals surface area contributed by atoms with Crippen LogP contribution in [0, 0.1) is 0 Å². The van der Waals surface area contributed by atoms with Crippen molar-refractivity contribution < 1.29 is 13.2 Å². The molecule has 0 spiro atoms. The van der Waals surface area contributed by atoms with Crippen LogP contribution in [-0.2, 0) is 14.6 Å². The molecule has 1 aromatic carbocycles. The second kappa shape index (κ2) is 3.71. The van der Waals surface area contributed by atoms with E-state index < -0.39 is 15.1 Å². The summed E-state index contributed by atoms with van der Waals surface area (Å²) < 4.78 is 22.7. The molecule has 0 fully saturated rings. The molecule has 0 aliphatic rings. The Hall–Kier alpha value is -1.69. The van der Waals surface area contributed by atoms with Gasteiger partial charge in [-0.2, -0.15) is 0 Å². The molecule has 1 heterocycles. The SMILES string of the molecule is CS(=O)(=O)[C@@H](C=O)c1nc2ccccc2[nH]1. The maximum absolute atomic E-state index is 11.3. The van der Waals surface area contributed by atoms with Gasteiger partial charge in [-0.3, -0.25) is 0 Å². The van der Waals surface area contributed by atoms with E-state index in [9.17, 15) is 13.2 Å². The Morgan fingerprint density at radius 2 is 2.06 bits per heavy atom. The quantitative estimate of drug-likeness (QED) is 0.804. The number of hydrogen-bond donors (Lipinski definition) is 1. The highest BCUT2D eigenvalue weighted by Crippen LogP contribution is 2.19. The molecule has 0 aliphatic carbocycles. The molecule has 6 heteroatoms. The van der Waals surface area contributed by atoms with Gasteiger partial charge >= 0.3 is 0 Å². The maximum atomic E-state index is 11.3. The number of nitrogens with zero attached hydrogens (tertiary/aromatic N) is 1. The van der Waals surface area contributed by atoms with Gasteiger partial charge < -0.3 is 9.78 Å². The van der Waals surface area contributed by atoms with Gasteiger partial charge in [0.25, 0.3) is 0 Å². The predicted molar refractivity (Wildman–Crippen MR) is 59.7 cm³/mol. The van der Waals surface area contributed by atoms with Gasteiger partial charge in [-0.05, 0) is 12.1 Å². The van der Waals surface area contributed by atoms with Crippen LogP contribution in [0.3, 0.4) is 0 Å². The molecule has 0 saturated heterocycles. The van der Waals surface area contributed by atoms with E-state index in [1.54, 1.807) is 24.3 Å². The van der Waals surface area contributed by atoms with Gasteiger partial charge in [-0.1, -0.05) is 12.1 Å². The number of hydrogen-bond acceptors (Lipinski definition) is 4. The van der Waals surface area contributed by atoms with Gasteiger partial charge in [0.1, 0.15) is 12.1 Å². The average molecular weight is 238 g/mol. The molecule has 0 amide bonds. The lowest BCUT2D eigenvalue weighted by Gasteiger charge is -2.02. The summed E-state index contributed by atoms with van der Waals surface area (Å²) in [7, 11) is -3.48. The first kappa shape index (κ1) is 10.8. The molecule has 0 unspecified atom stereocenters. The van der Waals surface area contributed by atoms with Crippen LogP contribution >= 0.6 is 0 Å². The number of aldehydes is 1. The number of sulfone groups is 1. The lowest BCUT2D eigenvalue weighted by Crippen LogP contribution is -2.14. The highest BCUT2D eigenvalue weighted by Gasteiger charge is 2.25. The number of H-pyrrole nitrogens is 1. The molecule has 0 radical (unpaired) electrons. The van der Waals surface area contributed by atoms with E-state index in [1.807, 2.05) is 0 Å². The number of rotatable bonds is 3. The molecule has 5 nitrogen and oxygen atoms in total. The van der Waals surface area contributed by atoms with Gasteiger partial charge in [0, 0.05) is 6.26 Å². The number of carbonyl (C=O) groups is 1. The van der Waals surface area contributed by atoms with Crippen LogP contribution in [-0.4, -0.2) is 30.9 Å². The van der Waals surface area contributed by atoms with E-state index in [1.165, 1.54) is 0 Å². The highest BCUT2D eigenvalue weighted by molar-refractivity contribution is 7.91. The number of nitrogens with one attached hydrogen (secondary N) is 1. The number of carbonyl (C=O) groups excluding carboxylic acids is 1. The normalized spacial score (nSPS) is 13.8. The minimum atomic E-state index is -3.48. The van der Waals surface area contributed by atoms with Gasteiger partial charge in [0.05, 0.1) is 11.0 Å². The van der Waals surface area contributed by atoms with Gasteiger partial charge in [0.15, 0.2) is 15.1 Å². The average Bonchev–Trinajstić information content (AvgIpc) is 2.59. The maximum Gasteiger partial charge on any atom is 0.174 e. The van der Waals surface area contributed by atoms with Crippen molar-refractivity contribution in [3.05, 3.63) is 30.1 Å². The molecular formula is C10H10N2O3S. The first-order chi connectivity index (χ1) is 7.52. The minimum absolute atomic E-state index is 0.165. The second-order valence-corrected chi connectivity index (χ2v) is 5.69. The molecule has 2 aromatic rings. The molecule has 1 aromatic heterocycles. The smallest absolute Gasteiger partial charge is 0.174 e. The van der Waals surface area contributed by atoms with Gasteiger partial charge in [-0.15, -0.1) is 0 Å². The predicted octanol–water partition coefficient (Wildman–Crippen LogP) is 0.847. The summed E-state index contributed by atoms with van der Waals surface area (Å²) in [6.45, 7) is 0. The first-order valence-electron chi connectivity index (χ1n) is 4.61. The van der Waals surface area contributed by atoms with Crippen LogP contribution in [0.25, 0.3) is 11.0 Å². The number of benzene rings is 1. The second-order valence-electron chi connectivity index (χ2n) is 3.53. The Bertz CT molecular complexity index is 597. The third-order valence-electron chi connectivity index (χ3n) is 2.26. The fourth-order valence-electron chi connectivity index (χ4n) is 1.48. The Morgan fingerprint density at radius 3 is 2.62 bits per heavy atom. The van der Waals surface area contributed by atoms with E-state index in [0.717, 1.165) is 6.26 Å². The molecule has 2 rings (SSSR count). The van der Waals surface area contributed by atoms with Crippen LogP contribution in [0.4, 0.5) is 0 Å². The van der Waals surface area contributed by atoms with Crippen molar-refractivity contribution in [2.45, 2.75) is 5.25 Å². The highest BCUT2D eigenvalue weighted by atomic mass is 32.2. The van der Waals surface area contributed by atoms with Gasteiger partial charge in [-0.25, -0.2) is 13.4 Å². The molecule has 0 saturated carbocycles. The summed E-state index contributed by atoms with van der Waals surface area (Å²) in [6, 6.07) is 7.12. The molecule has 1 atom stereocenters. The lowest BCUT2D eigenvalue weighted by atomic mass is 10.3. The Labute approximate surface area is 92.4 Å². The topological polar surface area (TPSA) is 79.9 Å². The summed E-state index contributed by atoms with van der Waals surface area (Å²) in [4.78, 5) is 17.7. The summed E-state index contributed by atoms with van der Waals surface area (Å²) in [5.74, 6) is 0.165. The molecule has 16 heavy (non-hydrogen) atoms. The Balaban J connectivity index is 2.59. The Morgan fingerprint density at radius 1 is 1.38 bits per heavy atom. The van der Waals surface area contributed by atoms with E-state index >= 15 is 0 Å². The van der Waals surface area contributed by atoms with Crippen molar-refractivity contribution in [3.8, 4) is 0 Å². The zero-order valence-corrected chi connectivity index (χ0v) is 9.36. The number of aromatic nitrogens is 2. The van der Waals surface area contributed by atoms with Crippen molar-refractivity contribution in [1.29, 1.82) is 0 Å². The van der Waals surface area contributed by atoms with Crippen molar-refractivity contribution in [1.82, 2.24) is 9.97 Å². The molecule has 84 valence electrons. The molecule has 0 aliphatic heterocycles. The van der Waals surface area contributed by atoms with E-state index in [4.69, 9.17) is 0 Å². The third kappa shape index (κ3) is 1.83. The number of fused-ring (bicyclic) bond motifs is 1.